The molecular weight excluding hydrogens is 226 g/mol. The second-order valence-electron chi connectivity index (χ2n) is 3.79. The number of rotatable bonds is 2. The number of nitrogens with zero attached hydrogens (tertiary/aromatic N) is 3. The number of nitrogens with two attached hydrogens (primary N) is 1. The monoisotopic (exact) mass is 237 g/mol. The van der Waals surface area contributed by atoms with Gasteiger partial charge in [-0.2, -0.15) is 0 Å². The van der Waals surface area contributed by atoms with Crippen molar-refractivity contribution in [3.8, 4) is 11.3 Å². The zero-order valence-electron chi connectivity index (χ0n) is 9.54. The Labute approximate surface area is 104 Å². The number of hydrazine groups is 1. The van der Waals surface area contributed by atoms with E-state index in [1.165, 1.54) is 0 Å². The van der Waals surface area contributed by atoms with Crippen LogP contribution < -0.4 is 11.3 Å². The molecule has 0 amide bonds. The summed E-state index contributed by atoms with van der Waals surface area (Å²) in [6.07, 6.45) is 3.40. The van der Waals surface area contributed by atoms with E-state index in [0.29, 0.717) is 11.3 Å². The SMILES string of the molecule is NNc1nccc2ncc(-c3ccccc3)nc12. The molecule has 2 aromatic heterocycles. The predicted molar refractivity (Wildman–Crippen MR) is 70.6 cm³/mol. The molecule has 0 radical (unpaired) electrons. The topological polar surface area (TPSA) is 76.7 Å². The van der Waals surface area contributed by atoms with Crippen LogP contribution in [0.2, 0.25) is 0 Å². The van der Waals surface area contributed by atoms with Gasteiger partial charge in [0.2, 0.25) is 0 Å². The smallest absolute Gasteiger partial charge is 0.168 e. The van der Waals surface area contributed by atoms with Crippen molar-refractivity contribution in [1.82, 2.24) is 15.0 Å². The average molecular weight is 237 g/mol. The average Bonchev–Trinajstić information content (AvgIpc) is 2.47. The summed E-state index contributed by atoms with van der Waals surface area (Å²) in [5.41, 5.74) is 5.78. The third-order valence-electron chi connectivity index (χ3n) is 2.67. The van der Waals surface area contributed by atoms with Crippen LogP contribution in [0.4, 0.5) is 5.82 Å². The lowest BCUT2D eigenvalue weighted by atomic mass is 10.1. The van der Waals surface area contributed by atoms with Crippen LogP contribution in [0.25, 0.3) is 22.3 Å². The van der Waals surface area contributed by atoms with Crippen LogP contribution in [0.15, 0.2) is 48.8 Å². The molecule has 18 heavy (non-hydrogen) atoms. The summed E-state index contributed by atoms with van der Waals surface area (Å²) in [5, 5.41) is 0. The molecule has 1 aromatic carbocycles. The summed E-state index contributed by atoms with van der Waals surface area (Å²) < 4.78 is 0. The molecule has 2 heterocycles. The molecule has 0 aliphatic heterocycles. The number of fused-ring (bicyclic) bond motifs is 1. The summed E-state index contributed by atoms with van der Waals surface area (Å²) >= 11 is 0. The zero-order chi connectivity index (χ0) is 12.4. The van der Waals surface area contributed by atoms with Gasteiger partial charge in [-0.1, -0.05) is 30.3 Å². The van der Waals surface area contributed by atoms with Gasteiger partial charge in [0.25, 0.3) is 0 Å². The lowest BCUT2D eigenvalue weighted by Gasteiger charge is -2.05. The van der Waals surface area contributed by atoms with Crippen molar-refractivity contribution < 1.29 is 0 Å². The summed E-state index contributed by atoms with van der Waals surface area (Å²) in [5.74, 6) is 5.95. The first kappa shape index (κ1) is 10.6. The van der Waals surface area contributed by atoms with Crippen molar-refractivity contribution in [2.45, 2.75) is 0 Å². The number of aromatic nitrogens is 3. The van der Waals surface area contributed by atoms with Crippen LogP contribution in [0.1, 0.15) is 0 Å². The molecule has 5 nitrogen and oxygen atoms in total. The van der Waals surface area contributed by atoms with Gasteiger partial charge in [-0.15, -0.1) is 0 Å². The van der Waals surface area contributed by atoms with Gasteiger partial charge in [-0.25, -0.2) is 15.8 Å². The molecule has 0 bridgehead atoms. The molecule has 0 aliphatic rings. The normalized spacial score (nSPS) is 10.5. The summed E-state index contributed by atoms with van der Waals surface area (Å²) in [6.45, 7) is 0. The summed E-state index contributed by atoms with van der Waals surface area (Å²) in [4.78, 5) is 13.0. The highest BCUT2D eigenvalue weighted by molar-refractivity contribution is 5.86. The first-order chi connectivity index (χ1) is 8.88. The second-order valence-corrected chi connectivity index (χ2v) is 3.79. The van der Waals surface area contributed by atoms with Crippen LogP contribution >= 0.6 is 0 Å². The van der Waals surface area contributed by atoms with E-state index in [2.05, 4.69) is 20.4 Å². The number of benzene rings is 1. The number of hydrogen-bond acceptors (Lipinski definition) is 5. The minimum absolute atomic E-state index is 0.526. The molecule has 3 aromatic rings. The molecule has 3 rings (SSSR count). The number of nitrogen functional groups attached to an aromatic ring is 1. The maximum Gasteiger partial charge on any atom is 0.168 e. The minimum Gasteiger partial charge on any atom is -0.307 e. The molecule has 88 valence electrons. The highest BCUT2D eigenvalue weighted by Crippen LogP contribution is 2.21. The third kappa shape index (κ3) is 1.76. The lowest BCUT2D eigenvalue weighted by Crippen LogP contribution is -2.09. The molecule has 5 heteroatoms. The summed E-state index contributed by atoms with van der Waals surface area (Å²) in [7, 11) is 0. The van der Waals surface area contributed by atoms with Crippen LogP contribution in [0.5, 0.6) is 0 Å². The molecule has 0 spiro atoms. The first-order valence-corrected chi connectivity index (χ1v) is 5.52. The van der Waals surface area contributed by atoms with E-state index < -0.39 is 0 Å². The van der Waals surface area contributed by atoms with Gasteiger partial charge in [0.1, 0.15) is 5.52 Å². The Morgan fingerprint density at radius 3 is 2.61 bits per heavy atom. The Balaban J connectivity index is 2.22. The quantitative estimate of drug-likeness (QED) is 0.526. The van der Waals surface area contributed by atoms with E-state index in [9.17, 15) is 0 Å². The Hall–Kier alpha value is -2.53. The van der Waals surface area contributed by atoms with Gasteiger partial charge >= 0.3 is 0 Å². The van der Waals surface area contributed by atoms with Crippen molar-refractivity contribution in [1.29, 1.82) is 0 Å². The molecule has 0 fully saturated rings. The van der Waals surface area contributed by atoms with E-state index in [4.69, 9.17) is 5.84 Å². The zero-order valence-corrected chi connectivity index (χ0v) is 9.54. The third-order valence-corrected chi connectivity index (χ3v) is 2.67. The van der Waals surface area contributed by atoms with Crippen molar-refractivity contribution in [3.05, 3.63) is 48.8 Å². The van der Waals surface area contributed by atoms with Gasteiger partial charge in [-0.3, -0.25) is 4.98 Å². The van der Waals surface area contributed by atoms with Crippen LogP contribution in [-0.2, 0) is 0 Å². The molecule has 0 unspecified atom stereocenters. The second kappa shape index (κ2) is 4.38. The van der Waals surface area contributed by atoms with E-state index in [-0.39, 0.29) is 0 Å². The number of hydrogen-bond donors (Lipinski definition) is 2. The fourth-order valence-electron chi connectivity index (χ4n) is 1.79. The minimum atomic E-state index is 0.526. The van der Waals surface area contributed by atoms with Crippen molar-refractivity contribution in [2.24, 2.45) is 5.84 Å². The summed E-state index contributed by atoms with van der Waals surface area (Å²) in [6, 6.07) is 11.7. The first-order valence-electron chi connectivity index (χ1n) is 5.52. The van der Waals surface area contributed by atoms with E-state index in [0.717, 1.165) is 16.8 Å². The van der Waals surface area contributed by atoms with E-state index >= 15 is 0 Å². The molecule has 0 aliphatic carbocycles. The van der Waals surface area contributed by atoms with Gasteiger partial charge in [0, 0.05) is 11.8 Å². The van der Waals surface area contributed by atoms with Gasteiger partial charge in [0.05, 0.1) is 17.4 Å². The molecule has 3 N–H and O–H groups in total. The Bertz CT molecular complexity index is 681. The number of anilines is 1. The standard InChI is InChI=1S/C13H11N5/c14-18-13-12-10(6-7-15-13)16-8-11(17-12)9-4-2-1-3-5-9/h1-8H,14H2,(H,15,18). The maximum atomic E-state index is 5.42. The predicted octanol–water partition coefficient (Wildman–Crippen LogP) is 1.98. The Kier molecular flexibility index (Phi) is 2.59. The Morgan fingerprint density at radius 1 is 1.00 bits per heavy atom. The molecular formula is C13H11N5. The van der Waals surface area contributed by atoms with E-state index in [1.807, 2.05) is 30.3 Å². The van der Waals surface area contributed by atoms with Crippen molar-refractivity contribution in [3.63, 3.8) is 0 Å². The maximum absolute atomic E-state index is 5.42. The molecule has 0 saturated carbocycles. The number of pyridine rings is 1. The Morgan fingerprint density at radius 2 is 1.83 bits per heavy atom. The van der Waals surface area contributed by atoms with Gasteiger partial charge < -0.3 is 5.43 Å². The number of nitrogens with one attached hydrogen (secondary N) is 1. The van der Waals surface area contributed by atoms with Crippen LogP contribution in [0, 0.1) is 0 Å². The highest BCUT2D eigenvalue weighted by atomic mass is 15.3. The van der Waals surface area contributed by atoms with Crippen molar-refractivity contribution in [2.75, 3.05) is 5.43 Å². The highest BCUT2D eigenvalue weighted by Gasteiger charge is 2.06. The largest absolute Gasteiger partial charge is 0.307 e. The van der Waals surface area contributed by atoms with Gasteiger partial charge in [-0.05, 0) is 6.07 Å². The van der Waals surface area contributed by atoms with Crippen LogP contribution in [0.3, 0.4) is 0 Å². The van der Waals surface area contributed by atoms with E-state index in [1.54, 1.807) is 18.5 Å². The fourth-order valence-corrected chi connectivity index (χ4v) is 1.79. The molecule has 0 saturated heterocycles. The van der Waals surface area contributed by atoms with Gasteiger partial charge in [0.15, 0.2) is 5.82 Å². The lowest BCUT2D eigenvalue weighted by molar-refractivity contribution is 1.20. The molecule has 0 atom stereocenters. The van der Waals surface area contributed by atoms with Crippen molar-refractivity contribution >= 4 is 16.9 Å². The van der Waals surface area contributed by atoms with Crippen LogP contribution in [-0.4, -0.2) is 15.0 Å². The fraction of sp³-hybridized carbons (Fsp3) is 0.